The van der Waals surface area contributed by atoms with Gasteiger partial charge in [0.25, 0.3) is 0 Å². The molecule has 2 heterocycles. The van der Waals surface area contributed by atoms with Crippen LogP contribution in [0.3, 0.4) is 0 Å². The van der Waals surface area contributed by atoms with Crippen molar-refractivity contribution in [3.8, 4) is 11.5 Å². The van der Waals surface area contributed by atoms with Crippen LogP contribution in [0.1, 0.15) is 25.5 Å². The maximum absolute atomic E-state index is 11.9. The van der Waals surface area contributed by atoms with Gasteiger partial charge in [0.1, 0.15) is 66.4 Å². The Balaban J connectivity index is 1.50. The first-order chi connectivity index (χ1) is 19.5. The molecule has 10 atom stereocenters. The van der Waals surface area contributed by atoms with Gasteiger partial charge in [0.2, 0.25) is 5.91 Å². The average molecular weight is 580 g/mol. The molecule has 2 aromatic carbocycles. The monoisotopic (exact) mass is 579 g/mol. The number of ether oxygens (including phenoxy) is 4. The zero-order valence-corrected chi connectivity index (χ0v) is 22.6. The first kappa shape index (κ1) is 31.3. The Morgan fingerprint density at radius 2 is 1.49 bits per heavy atom. The molecule has 0 unspecified atom stereocenters. The van der Waals surface area contributed by atoms with Gasteiger partial charge in [-0.2, -0.15) is 0 Å². The normalized spacial score (nSPS) is 33.9. The van der Waals surface area contributed by atoms with Crippen molar-refractivity contribution in [2.75, 3.05) is 18.5 Å². The summed E-state index contributed by atoms with van der Waals surface area (Å²) in [7, 11) is 0. The van der Waals surface area contributed by atoms with E-state index in [-0.39, 0.29) is 11.8 Å². The molecule has 2 fully saturated rings. The molecule has 2 aliphatic heterocycles. The van der Waals surface area contributed by atoms with E-state index < -0.39 is 74.4 Å². The minimum Gasteiger partial charge on any atom is -0.457 e. The molecule has 0 spiro atoms. The fourth-order valence-electron chi connectivity index (χ4n) is 4.64. The van der Waals surface area contributed by atoms with E-state index >= 15 is 0 Å². The fourth-order valence-corrected chi connectivity index (χ4v) is 4.64. The summed E-state index contributed by atoms with van der Waals surface area (Å²) < 4.78 is 22.8. The van der Waals surface area contributed by atoms with Gasteiger partial charge >= 0.3 is 0 Å². The second-order valence-electron chi connectivity index (χ2n) is 10.4. The number of carbonyl (C=O) groups excluding carboxylic acids is 1. The number of nitrogens with one attached hydrogen (secondary N) is 1. The van der Waals surface area contributed by atoms with Crippen LogP contribution in [0.15, 0.2) is 48.5 Å². The number of amides is 1. The molecular weight excluding hydrogens is 542 g/mol. The van der Waals surface area contributed by atoms with Gasteiger partial charge in [-0.3, -0.25) is 4.79 Å². The van der Waals surface area contributed by atoms with Crippen molar-refractivity contribution in [3.05, 3.63) is 54.1 Å². The zero-order valence-electron chi connectivity index (χ0n) is 22.6. The highest BCUT2D eigenvalue weighted by atomic mass is 16.7. The Hall–Kier alpha value is -2.69. The van der Waals surface area contributed by atoms with Crippen LogP contribution in [0, 0.1) is 5.92 Å². The van der Waals surface area contributed by atoms with E-state index in [0.717, 1.165) is 0 Å². The second kappa shape index (κ2) is 13.5. The highest BCUT2D eigenvalue weighted by Gasteiger charge is 2.50. The number of hydrogen-bond acceptors (Lipinski definition) is 12. The van der Waals surface area contributed by atoms with Crippen molar-refractivity contribution in [1.29, 1.82) is 0 Å². The van der Waals surface area contributed by atoms with Crippen molar-refractivity contribution in [2.24, 2.45) is 5.92 Å². The first-order valence-electron chi connectivity index (χ1n) is 13.3. The van der Waals surface area contributed by atoms with Crippen LogP contribution in [0.5, 0.6) is 11.5 Å². The van der Waals surface area contributed by atoms with Gasteiger partial charge in [0.05, 0.1) is 13.2 Å². The molecule has 13 nitrogen and oxygen atoms in total. The smallest absolute Gasteiger partial charge is 0.226 e. The quantitative estimate of drug-likeness (QED) is 0.188. The van der Waals surface area contributed by atoms with Crippen LogP contribution in [-0.4, -0.2) is 110 Å². The predicted octanol–water partition coefficient (Wildman–Crippen LogP) is -0.587. The largest absolute Gasteiger partial charge is 0.457 e. The molecule has 41 heavy (non-hydrogen) atoms. The van der Waals surface area contributed by atoms with Crippen LogP contribution in [0.25, 0.3) is 0 Å². The predicted molar refractivity (Wildman–Crippen MR) is 142 cm³/mol. The number of anilines is 1. The second-order valence-corrected chi connectivity index (χ2v) is 10.4. The van der Waals surface area contributed by atoms with Crippen molar-refractivity contribution in [3.63, 3.8) is 0 Å². The van der Waals surface area contributed by atoms with Crippen LogP contribution < -0.4 is 10.1 Å². The van der Waals surface area contributed by atoms with Crippen LogP contribution >= 0.6 is 0 Å². The minimum absolute atomic E-state index is 0.113. The maximum atomic E-state index is 11.9. The lowest BCUT2D eigenvalue weighted by molar-refractivity contribution is -0.342. The Morgan fingerprint density at radius 3 is 2.12 bits per heavy atom. The third-order valence-electron chi connectivity index (χ3n) is 7.07. The maximum Gasteiger partial charge on any atom is 0.226 e. The van der Waals surface area contributed by atoms with Crippen molar-refractivity contribution >= 4 is 11.6 Å². The van der Waals surface area contributed by atoms with Crippen molar-refractivity contribution in [1.82, 2.24) is 0 Å². The van der Waals surface area contributed by atoms with Gasteiger partial charge in [-0.1, -0.05) is 26.0 Å². The summed E-state index contributed by atoms with van der Waals surface area (Å²) in [5.41, 5.74) is 1.03. The van der Waals surface area contributed by atoms with E-state index in [4.69, 9.17) is 18.9 Å². The van der Waals surface area contributed by atoms with Crippen LogP contribution in [0.4, 0.5) is 5.69 Å². The Labute approximate surface area is 236 Å². The zero-order chi connectivity index (χ0) is 29.8. The van der Waals surface area contributed by atoms with Crippen molar-refractivity contribution in [2.45, 2.75) is 75.1 Å². The summed E-state index contributed by atoms with van der Waals surface area (Å²) >= 11 is 0. The van der Waals surface area contributed by atoms with Gasteiger partial charge < -0.3 is 60.0 Å². The summed E-state index contributed by atoms with van der Waals surface area (Å²) in [4.78, 5) is 11.9. The molecule has 0 bridgehead atoms. The van der Waals surface area contributed by atoms with Gasteiger partial charge in [0, 0.05) is 11.6 Å². The van der Waals surface area contributed by atoms with Gasteiger partial charge in [-0.25, -0.2) is 0 Å². The third-order valence-corrected chi connectivity index (χ3v) is 7.07. The highest BCUT2D eigenvalue weighted by Crippen LogP contribution is 2.37. The molecule has 0 saturated carbocycles. The van der Waals surface area contributed by atoms with Crippen LogP contribution in [0.2, 0.25) is 0 Å². The molecular formula is C28H37NO12. The number of rotatable bonds is 9. The number of aliphatic hydroxyl groups excluding tert-OH is 7. The first-order valence-corrected chi connectivity index (χ1v) is 13.3. The van der Waals surface area contributed by atoms with Crippen LogP contribution in [-0.2, 0) is 19.0 Å². The number of aliphatic hydroxyl groups is 7. The number of carbonyl (C=O) groups is 1. The number of benzene rings is 2. The summed E-state index contributed by atoms with van der Waals surface area (Å²) in [5, 5.41) is 74.5. The molecule has 4 rings (SSSR count). The molecule has 0 aliphatic carbocycles. The summed E-state index contributed by atoms with van der Waals surface area (Å²) in [5.74, 6) is 0.579. The van der Waals surface area contributed by atoms with E-state index in [1.54, 1.807) is 62.4 Å². The standard InChI is InChI=1S/C28H37NO12/c1-13(2)27(37)29-15-6-8-16(9-7-15)38-17-5-3-4-14(10-17)25-24(36)26(21(33)19(12-31)39-25)41-28-23(35)22(34)20(32)18(11-30)40-28/h3-10,13,18-26,28,30-36H,11-12H2,1-2H3,(H,29,37)/t18-,19-,20-,21-,22-,23-,24-,25-,26+,28-/m1/s1. The summed E-state index contributed by atoms with van der Waals surface area (Å²) in [6.45, 7) is 2.27. The molecule has 2 aromatic rings. The minimum atomic E-state index is -1.76. The Bertz CT molecular complexity index is 1150. The van der Waals surface area contributed by atoms with E-state index in [1.165, 1.54) is 0 Å². The molecule has 8 N–H and O–H groups in total. The molecule has 13 heteroatoms. The highest BCUT2D eigenvalue weighted by molar-refractivity contribution is 5.92. The molecule has 2 aliphatic rings. The molecule has 1 amide bonds. The lowest BCUT2D eigenvalue weighted by Gasteiger charge is -2.46. The third kappa shape index (κ3) is 7.04. The molecule has 0 radical (unpaired) electrons. The lowest BCUT2D eigenvalue weighted by Crippen LogP contribution is -2.63. The van der Waals surface area contributed by atoms with E-state index in [0.29, 0.717) is 22.7 Å². The average Bonchev–Trinajstić information content (AvgIpc) is 2.96. The SMILES string of the molecule is CC(C)C(=O)Nc1ccc(Oc2cccc([C@H]3O[C@H](CO)[C@@H](O)[C@H](O[C@H]4O[C@H](CO)[C@@H](O)[C@@H](O)[C@H]4O)[C@@H]3O)c2)cc1. The number of hydrogen-bond donors (Lipinski definition) is 8. The summed E-state index contributed by atoms with van der Waals surface area (Å²) in [6, 6.07) is 13.3. The van der Waals surface area contributed by atoms with Gasteiger partial charge in [-0.15, -0.1) is 0 Å². The van der Waals surface area contributed by atoms with E-state index in [1.807, 2.05) is 0 Å². The van der Waals surface area contributed by atoms with Gasteiger partial charge in [-0.05, 0) is 42.0 Å². The Morgan fingerprint density at radius 1 is 0.829 bits per heavy atom. The lowest BCUT2D eigenvalue weighted by atomic mass is 9.90. The molecule has 226 valence electrons. The summed E-state index contributed by atoms with van der Waals surface area (Å²) in [6.07, 6.45) is -14.9. The molecule has 0 aromatic heterocycles. The van der Waals surface area contributed by atoms with Crippen molar-refractivity contribution < 1.29 is 59.5 Å². The van der Waals surface area contributed by atoms with E-state index in [2.05, 4.69) is 5.32 Å². The van der Waals surface area contributed by atoms with Gasteiger partial charge in [0.15, 0.2) is 6.29 Å². The molecule has 2 saturated heterocycles. The fraction of sp³-hybridized carbons (Fsp3) is 0.536. The van der Waals surface area contributed by atoms with E-state index in [9.17, 15) is 40.5 Å². The Kier molecular flexibility index (Phi) is 10.3. The topological polar surface area (TPSA) is 208 Å².